The van der Waals surface area contributed by atoms with Crippen molar-refractivity contribution in [3.63, 3.8) is 0 Å². The van der Waals surface area contributed by atoms with Crippen LogP contribution in [0.4, 0.5) is 0 Å². The molecule has 0 bridgehead atoms. The van der Waals surface area contributed by atoms with E-state index in [9.17, 15) is 4.79 Å². The number of carbonyl (C=O) groups is 1. The first kappa shape index (κ1) is 19.5. The molecule has 5 heteroatoms. The van der Waals surface area contributed by atoms with Gasteiger partial charge in [-0.3, -0.25) is 9.79 Å². The molecule has 0 radical (unpaired) electrons. The Morgan fingerprint density at radius 2 is 1.96 bits per heavy atom. The van der Waals surface area contributed by atoms with Gasteiger partial charge in [0.15, 0.2) is 5.96 Å². The summed E-state index contributed by atoms with van der Waals surface area (Å²) in [5.74, 6) is 1.44. The Balaban J connectivity index is 2.05. The SMILES string of the molecule is C=CCCCCCN(C)C(=NC)NCCCNC(=O)C1CCC1. The van der Waals surface area contributed by atoms with Gasteiger partial charge < -0.3 is 15.5 Å². The van der Waals surface area contributed by atoms with Gasteiger partial charge >= 0.3 is 0 Å². The molecule has 23 heavy (non-hydrogen) atoms. The van der Waals surface area contributed by atoms with Gasteiger partial charge in [0.2, 0.25) is 5.91 Å². The van der Waals surface area contributed by atoms with E-state index in [1.54, 1.807) is 0 Å². The third-order valence-electron chi connectivity index (χ3n) is 4.39. The zero-order valence-electron chi connectivity index (χ0n) is 14.9. The van der Waals surface area contributed by atoms with Crippen molar-refractivity contribution in [2.75, 3.05) is 33.7 Å². The summed E-state index contributed by atoms with van der Waals surface area (Å²) in [6.07, 6.45) is 10.9. The predicted octanol–water partition coefficient (Wildman–Crippen LogP) is 2.55. The average molecular weight is 322 g/mol. The summed E-state index contributed by atoms with van der Waals surface area (Å²) in [6.45, 7) is 6.33. The van der Waals surface area contributed by atoms with Crippen molar-refractivity contribution in [3.8, 4) is 0 Å². The monoisotopic (exact) mass is 322 g/mol. The second kappa shape index (κ2) is 12.0. The largest absolute Gasteiger partial charge is 0.356 e. The van der Waals surface area contributed by atoms with E-state index in [-0.39, 0.29) is 11.8 Å². The van der Waals surface area contributed by atoms with E-state index >= 15 is 0 Å². The van der Waals surface area contributed by atoms with Crippen molar-refractivity contribution in [3.05, 3.63) is 12.7 Å². The molecule has 1 saturated carbocycles. The normalized spacial score (nSPS) is 15.0. The van der Waals surface area contributed by atoms with Crippen molar-refractivity contribution in [2.45, 2.75) is 51.4 Å². The second-order valence-corrected chi connectivity index (χ2v) is 6.31. The van der Waals surface area contributed by atoms with Crippen LogP contribution in [-0.2, 0) is 4.79 Å². The summed E-state index contributed by atoms with van der Waals surface area (Å²) in [5.41, 5.74) is 0. The highest BCUT2D eigenvalue weighted by molar-refractivity contribution is 5.80. The highest BCUT2D eigenvalue weighted by Gasteiger charge is 2.24. The summed E-state index contributed by atoms with van der Waals surface area (Å²) in [5, 5.41) is 6.38. The third kappa shape index (κ3) is 8.05. The Bertz CT molecular complexity index is 377. The van der Waals surface area contributed by atoms with Crippen LogP contribution < -0.4 is 10.6 Å². The molecule has 0 aromatic carbocycles. The molecule has 0 aromatic rings. The summed E-state index contributed by atoms with van der Waals surface area (Å²) < 4.78 is 0. The maximum absolute atomic E-state index is 11.7. The zero-order valence-corrected chi connectivity index (χ0v) is 14.9. The number of rotatable bonds is 11. The number of hydrogen-bond donors (Lipinski definition) is 2. The number of aliphatic imine (C=N–C) groups is 1. The van der Waals surface area contributed by atoms with Crippen LogP contribution in [0.15, 0.2) is 17.6 Å². The van der Waals surface area contributed by atoms with E-state index in [1.807, 2.05) is 13.1 Å². The summed E-state index contributed by atoms with van der Waals surface area (Å²) in [6, 6.07) is 0. The number of allylic oxidation sites excluding steroid dienone is 1. The molecule has 0 saturated heterocycles. The molecule has 132 valence electrons. The molecule has 0 aliphatic heterocycles. The molecule has 0 unspecified atom stereocenters. The van der Waals surface area contributed by atoms with E-state index in [4.69, 9.17) is 0 Å². The second-order valence-electron chi connectivity index (χ2n) is 6.31. The third-order valence-corrected chi connectivity index (χ3v) is 4.39. The van der Waals surface area contributed by atoms with E-state index in [1.165, 1.54) is 25.7 Å². The van der Waals surface area contributed by atoms with Crippen LogP contribution in [0.2, 0.25) is 0 Å². The molecule has 1 aliphatic rings. The fraction of sp³-hybridized carbons (Fsp3) is 0.778. The van der Waals surface area contributed by atoms with Crippen LogP contribution in [0.25, 0.3) is 0 Å². The highest BCUT2D eigenvalue weighted by atomic mass is 16.1. The molecule has 0 heterocycles. The van der Waals surface area contributed by atoms with Crippen molar-refractivity contribution < 1.29 is 4.79 Å². The van der Waals surface area contributed by atoms with Crippen LogP contribution in [0.5, 0.6) is 0 Å². The standard InChI is InChI=1S/C18H34N4O/c1-4-5-6-7-8-15-22(3)18(19-2)21-14-10-13-20-17(23)16-11-9-12-16/h4,16H,1,5-15H2,2-3H3,(H,19,21)(H,20,23). The molecule has 0 atom stereocenters. The minimum atomic E-state index is 0.234. The smallest absolute Gasteiger partial charge is 0.223 e. The van der Waals surface area contributed by atoms with E-state index in [2.05, 4.69) is 34.2 Å². The molecule has 2 N–H and O–H groups in total. The van der Waals surface area contributed by atoms with E-state index < -0.39 is 0 Å². The fourth-order valence-corrected chi connectivity index (χ4v) is 2.62. The Kier molecular flexibility index (Phi) is 10.2. The number of guanidine groups is 1. The van der Waals surface area contributed by atoms with Crippen molar-refractivity contribution in [2.24, 2.45) is 10.9 Å². The summed E-state index contributed by atoms with van der Waals surface area (Å²) in [7, 11) is 3.89. The van der Waals surface area contributed by atoms with Crippen LogP contribution in [0, 0.1) is 5.92 Å². The minimum absolute atomic E-state index is 0.234. The molecule has 0 spiro atoms. The number of amides is 1. The lowest BCUT2D eigenvalue weighted by atomic mass is 9.85. The quantitative estimate of drug-likeness (QED) is 0.266. The fourth-order valence-electron chi connectivity index (χ4n) is 2.62. The first-order valence-corrected chi connectivity index (χ1v) is 8.99. The topological polar surface area (TPSA) is 56.7 Å². The average Bonchev–Trinajstić information content (AvgIpc) is 2.48. The summed E-state index contributed by atoms with van der Waals surface area (Å²) in [4.78, 5) is 18.2. The van der Waals surface area contributed by atoms with Crippen LogP contribution in [-0.4, -0.2) is 50.5 Å². The van der Waals surface area contributed by atoms with Crippen molar-refractivity contribution in [1.82, 2.24) is 15.5 Å². The molecular formula is C18H34N4O. The lowest BCUT2D eigenvalue weighted by molar-refractivity contribution is -0.127. The highest BCUT2D eigenvalue weighted by Crippen LogP contribution is 2.25. The van der Waals surface area contributed by atoms with Gasteiger partial charge in [-0.05, 0) is 38.5 Å². The Morgan fingerprint density at radius 1 is 1.22 bits per heavy atom. The molecule has 5 nitrogen and oxygen atoms in total. The number of nitrogens with one attached hydrogen (secondary N) is 2. The van der Waals surface area contributed by atoms with Gasteiger partial charge in [-0.2, -0.15) is 0 Å². The van der Waals surface area contributed by atoms with E-state index in [0.717, 1.165) is 51.3 Å². The summed E-state index contributed by atoms with van der Waals surface area (Å²) >= 11 is 0. The van der Waals surface area contributed by atoms with E-state index in [0.29, 0.717) is 0 Å². The number of hydrogen-bond acceptors (Lipinski definition) is 2. The van der Waals surface area contributed by atoms with Crippen LogP contribution in [0.3, 0.4) is 0 Å². The number of unbranched alkanes of at least 4 members (excludes halogenated alkanes) is 3. The number of carbonyl (C=O) groups excluding carboxylic acids is 1. The first-order chi connectivity index (χ1) is 11.2. The van der Waals surface area contributed by atoms with Crippen molar-refractivity contribution in [1.29, 1.82) is 0 Å². The van der Waals surface area contributed by atoms with Gasteiger partial charge in [0.1, 0.15) is 0 Å². The molecular weight excluding hydrogens is 288 g/mol. The maximum atomic E-state index is 11.7. The number of nitrogens with zero attached hydrogens (tertiary/aromatic N) is 2. The van der Waals surface area contributed by atoms with Gasteiger partial charge in [-0.1, -0.05) is 18.9 Å². The Hall–Kier alpha value is -1.52. The van der Waals surface area contributed by atoms with Gasteiger partial charge in [-0.25, -0.2) is 0 Å². The Labute approximate surface area is 141 Å². The van der Waals surface area contributed by atoms with Crippen LogP contribution >= 0.6 is 0 Å². The molecule has 1 aliphatic carbocycles. The Morgan fingerprint density at radius 3 is 2.57 bits per heavy atom. The maximum Gasteiger partial charge on any atom is 0.223 e. The first-order valence-electron chi connectivity index (χ1n) is 8.99. The molecule has 0 aromatic heterocycles. The molecule has 1 amide bonds. The lowest BCUT2D eigenvalue weighted by Gasteiger charge is -2.24. The van der Waals surface area contributed by atoms with Gasteiger partial charge in [0, 0.05) is 39.6 Å². The van der Waals surface area contributed by atoms with Crippen LogP contribution in [0.1, 0.15) is 51.4 Å². The zero-order chi connectivity index (χ0) is 16.9. The van der Waals surface area contributed by atoms with Gasteiger partial charge in [0.05, 0.1) is 0 Å². The van der Waals surface area contributed by atoms with Gasteiger partial charge in [-0.15, -0.1) is 6.58 Å². The minimum Gasteiger partial charge on any atom is -0.356 e. The predicted molar refractivity (Wildman–Crippen MR) is 97.6 cm³/mol. The van der Waals surface area contributed by atoms with Crippen molar-refractivity contribution >= 4 is 11.9 Å². The molecule has 1 rings (SSSR count). The molecule has 1 fully saturated rings. The lowest BCUT2D eigenvalue weighted by Crippen LogP contribution is -2.41. The van der Waals surface area contributed by atoms with Gasteiger partial charge in [0.25, 0.3) is 0 Å².